The van der Waals surface area contributed by atoms with Crippen molar-refractivity contribution in [3.8, 4) is 0 Å². The molecule has 1 amide bonds. The summed E-state index contributed by atoms with van der Waals surface area (Å²) in [4.78, 5) is 14.6. The third kappa shape index (κ3) is 3.43. The van der Waals surface area contributed by atoms with Crippen molar-refractivity contribution >= 4 is 5.91 Å². The van der Waals surface area contributed by atoms with Crippen LogP contribution in [0.3, 0.4) is 0 Å². The maximum Gasteiger partial charge on any atom is 0.225 e. The molecule has 3 heterocycles. The van der Waals surface area contributed by atoms with E-state index in [0.29, 0.717) is 11.8 Å². The molecule has 2 aliphatic heterocycles. The van der Waals surface area contributed by atoms with Crippen molar-refractivity contribution in [3.63, 3.8) is 0 Å². The zero-order valence-electron chi connectivity index (χ0n) is 14.6. The van der Waals surface area contributed by atoms with Crippen LogP contribution in [0.2, 0.25) is 0 Å². The van der Waals surface area contributed by atoms with E-state index in [-0.39, 0.29) is 5.92 Å². The van der Waals surface area contributed by atoms with Crippen LogP contribution in [0, 0.1) is 5.92 Å². The Morgan fingerprint density at radius 3 is 2.52 bits per heavy atom. The van der Waals surface area contributed by atoms with Gasteiger partial charge in [0.25, 0.3) is 0 Å². The predicted molar refractivity (Wildman–Crippen MR) is 90.2 cm³/mol. The highest BCUT2D eigenvalue weighted by molar-refractivity contribution is 5.78. The standard InChI is InChI=1S/C18H30N4O/c1-3-14(4-2)18(23)21-12-9-15(10-13-21)17-20-19-16-8-6-5-7-11-22(16)17/h14-15H,3-13H2,1-2H3. The van der Waals surface area contributed by atoms with Gasteiger partial charge in [0.2, 0.25) is 5.91 Å². The summed E-state index contributed by atoms with van der Waals surface area (Å²) in [5, 5.41) is 8.94. The number of carbonyl (C=O) groups is 1. The summed E-state index contributed by atoms with van der Waals surface area (Å²) in [7, 11) is 0. The summed E-state index contributed by atoms with van der Waals surface area (Å²) in [6.07, 6.45) is 8.81. The Hall–Kier alpha value is -1.39. The lowest BCUT2D eigenvalue weighted by molar-refractivity contribution is -0.136. The SMILES string of the molecule is CCC(CC)C(=O)N1CCC(c2nnc3n2CCCCC3)CC1. The van der Waals surface area contributed by atoms with Crippen molar-refractivity contribution < 1.29 is 4.79 Å². The normalized spacial score (nSPS) is 19.7. The molecule has 5 heteroatoms. The van der Waals surface area contributed by atoms with Crippen molar-refractivity contribution in [2.24, 2.45) is 5.92 Å². The van der Waals surface area contributed by atoms with Gasteiger partial charge in [-0.15, -0.1) is 10.2 Å². The molecule has 5 nitrogen and oxygen atoms in total. The second-order valence-electron chi connectivity index (χ2n) is 7.05. The van der Waals surface area contributed by atoms with Gasteiger partial charge in [0.1, 0.15) is 11.6 Å². The lowest BCUT2D eigenvalue weighted by Crippen LogP contribution is -2.41. The van der Waals surface area contributed by atoms with E-state index in [0.717, 1.165) is 51.7 Å². The fourth-order valence-corrected chi connectivity index (χ4v) is 4.06. The second-order valence-corrected chi connectivity index (χ2v) is 7.05. The number of aromatic nitrogens is 3. The monoisotopic (exact) mass is 318 g/mol. The lowest BCUT2D eigenvalue weighted by Gasteiger charge is -2.33. The van der Waals surface area contributed by atoms with Crippen LogP contribution in [0.5, 0.6) is 0 Å². The van der Waals surface area contributed by atoms with Crippen LogP contribution in [0.4, 0.5) is 0 Å². The Morgan fingerprint density at radius 1 is 1.09 bits per heavy atom. The van der Waals surface area contributed by atoms with Crippen LogP contribution in [0.15, 0.2) is 0 Å². The molecule has 1 fully saturated rings. The number of likely N-dealkylation sites (tertiary alicyclic amines) is 1. The lowest BCUT2D eigenvalue weighted by atomic mass is 9.93. The molecule has 128 valence electrons. The van der Waals surface area contributed by atoms with E-state index in [1.165, 1.54) is 30.9 Å². The molecule has 1 saturated heterocycles. The summed E-state index contributed by atoms with van der Waals surface area (Å²) >= 11 is 0. The summed E-state index contributed by atoms with van der Waals surface area (Å²) in [6, 6.07) is 0. The first-order valence-corrected chi connectivity index (χ1v) is 9.45. The Kier molecular flexibility index (Phi) is 5.34. The van der Waals surface area contributed by atoms with Gasteiger partial charge < -0.3 is 9.47 Å². The Labute approximate surface area is 139 Å². The molecule has 0 radical (unpaired) electrons. The zero-order valence-corrected chi connectivity index (χ0v) is 14.6. The highest BCUT2D eigenvalue weighted by Gasteiger charge is 2.30. The average molecular weight is 318 g/mol. The zero-order chi connectivity index (χ0) is 16.2. The van der Waals surface area contributed by atoms with Gasteiger partial charge in [-0.3, -0.25) is 4.79 Å². The second kappa shape index (κ2) is 7.45. The first kappa shape index (κ1) is 16.5. The topological polar surface area (TPSA) is 51.0 Å². The summed E-state index contributed by atoms with van der Waals surface area (Å²) in [6.45, 7) is 7.06. The average Bonchev–Trinajstić information content (AvgIpc) is 2.84. The van der Waals surface area contributed by atoms with Crippen molar-refractivity contribution in [2.45, 2.75) is 77.7 Å². The molecular weight excluding hydrogens is 288 g/mol. The molecule has 0 N–H and O–H groups in total. The third-order valence-corrected chi connectivity index (χ3v) is 5.64. The largest absolute Gasteiger partial charge is 0.342 e. The minimum atomic E-state index is 0.205. The van der Waals surface area contributed by atoms with Gasteiger partial charge in [-0.05, 0) is 38.5 Å². The van der Waals surface area contributed by atoms with Crippen LogP contribution in [-0.2, 0) is 17.8 Å². The number of hydrogen-bond acceptors (Lipinski definition) is 3. The molecule has 0 aromatic carbocycles. The quantitative estimate of drug-likeness (QED) is 0.857. The molecular formula is C18H30N4O. The van der Waals surface area contributed by atoms with E-state index in [9.17, 15) is 4.79 Å². The van der Waals surface area contributed by atoms with Crippen molar-refractivity contribution in [1.29, 1.82) is 0 Å². The summed E-state index contributed by atoms with van der Waals surface area (Å²) in [5.41, 5.74) is 0. The number of carbonyl (C=O) groups excluding carboxylic acids is 1. The Morgan fingerprint density at radius 2 is 1.83 bits per heavy atom. The molecule has 2 aliphatic rings. The summed E-state index contributed by atoms with van der Waals surface area (Å²) < 4.78 is 2.37. The summed E-state index contributed by atoms with van der Waals surface area (Å²) in [5.74, 6) is 3.38. The maximum absolute atomic E-state index is 12.5. The minimum absolute atomic E-state index is 0.205. The van der Waals surface area contributed by atoms with Crippen molar-refractivity contribution in [1.82, 2.24) is 19.7 Å². The van der Waals surface area contributed by atoms with Gasteiger partial charge in [0.15, 0.2) is 0 Å². The highest BCUT2D eigenvalue weighted by atomic mass is 16.2. The van der Waals surface area contributed by atoms with Gasteiger partial charge >= 0.3 is 0 Å². The molecule has 3 rings (SSSR count). The fourth-order valence-electron chi connectivity index (χ4n) is 4.06. The molecule has 0 aliphatic carbocycles. The number of aryl methyl sites for hydroxylation is 1. The molecule has 1 aromatic heterocycles. The first-order chi connectivity index (χ1) is 11.2. The highest BCUT2D eigenvalue weighted by Crippen LogP contribution is 2.29. The van der Waals surface area contributed by atoms with Crippen molar-refractivity contribution in [2.75, 3.05) is 13.1 Å². The van der Waals surface area contributed by atoms with Gasteiger partial charge in [-0.2, -0.15) is 0 Å². The van der Waals surface area contributed by atoms with E-state index in [2.05, 4.69) is 33.5 Å². The van der Waals surface area contributed by atoms with Gasteiger partial charge in [-0.25, -0.2) is 0 Å². The molecule has 0 unspecified atom stereocenters. The van der Waals surface area contributed by atoms with E-state index in [1.807, 2.05) is 0 Å². The van der Waals surface area contributed by atoms with E-state index in [1.54, 1.807) is 0 Å². The molecule has 0 atom stereocenters. The number of hydrogen-bond donors (Lipinski definition) is 0. The molecule has 0 bridgehead atoms. The number of rotatable bonds is 4. The van der Waals surface area contributed by atoms with Crippen LogP contribution < -0.4 is 0 Å². The molecule has 1 aromatic rings. The third-order valence-electron chi connectivity index (χ3n) is 5.64. The van der Waals surface area contributed by atoms with Gasteiger partial charge in [-0.1, -0.05) is 20.3 Å². The smallest absolute Gasteiger partial charge is 0.225 e. The van der Waals surface area contributed by atoms with E-state index >= 15 is 0 Å². The van der Waals surface area contributed by atoms with E-state index < -0.39 is 0 Å². The minimum Gasteiger partial charge on any atom is -0.342 e. The Bertz CT molecular complexity index is 527. The number of piperidine rings is 1. The molecule has 23 heavy (non-hydrogen) atoms. The number of nitrogens with zero attached hydrogens (tertiary/aromatic N) is 4. The predicted octanol–water partition coefficient (Wildman–Crippen LogP) is 3.15. The Balaban J connectivity index is 1.63. The molecule has 0 spiro atoms. The van der Waals surface area contributed by atoms with Gasteiger partial charge in [0.05, 0.1) is 0 Å². The first-order valence-electron chi connectivity index (χ1n) is 9.45. The van der Waals surface area contributed by atoms with Crippen molar-refractivity contribution in [3.05, 3.63) is 11.6 Å². The van der Waals surface area contributed by atoms with Crippen LogP contribution in [0.25, 0.3) is 0 Å². The van der Waals surface area contributed by atoms with Crippen LogP contribution in [0.1, 0.15) is 76.4 Å². The van der Waals surface area contributed by atoms with E-state index in [4.69, 9.17) is 0 Å². The molecule has 0 saturated carbocycles. The maximum atomic E-state index is 12.5. The van der Waals surface area contributed by atoms with Gasteiger partial charge in [0, 0.05) is 37.9 Å². The number of fused-ring (bicyclic) bond motifs is 1. The number of amides is 1. The van der Waals surface area contributed by atoms with Crippen LogP contribution in [-0.4, -0.2) is 38.7 Å². The van der Waals surface area contributed by atoms with Crippen LogP contribution >= 0.6 is 0 Å². The fraction of sp³-hybridized carbons (Fsp3) is 0.833.